The van der Waals surface area contributed by atoms with Crippen molar-refractivity contribution < 1.29 is 90.9 Å². The van der Waals surface area contributed by atoms with E-state index in [1.165, 1.54) is 21.8 Å². The standard InChI is InChI=1S/C23H29F3N12O8.2C10H14N6O4.C3H3F3O/c1-22(23(24,25)26,31-2-6-11(40)13(42)19(45-6)38-5-30-10-15(38)33-21(28)35-17(10)44)36-8-7(3-39)46-18(12(8)41)37-4-29-9-14(37)32-20(27)34-16(9)43;11-1-3-5(17)6(18)9(20-3)16-2-13-4-7(16)14-10(12)15-8(4)19;11-4-3(1-17)20-9(6(4)18)16-2-13-5-7(16)14-10(12)15-8(5)19;1-2(7)3(4,5)6/h4-8,11-13,18-19,31,36,39-42H,2-3H2,1H3,(H3,27,32,34,43)(H3,28,33,35,44);2-3,5-6,9,17-18H,1,11H2,(H3,12,14,15,19);2-4,6,9,17-18H,1,11H2,(H3,12,14,15,19);1H3/t6-,7-,8-,11-,12-,13-,18-,19-,22?;3-,5-,6-,9-;3-,4-,6-,9-;/m111./s1. The Bertz CT molecular complexity index is 4130. The number of alkyl halides is 6. The average Bonchev–Trinajstić information content (AvgIpc) is 1.66. The molecule has 26 N–H and O–H groups in total. The molecule has 0 amide bonds. The number of anilines is 4. The van der Waals surface area contributed by atoms with Gasteiger partial charge in [-0.25, -0.2) is 19.9 Å². The fourth-order valence-corrected chi connectivity index (χ4v) is 10.1. The van der Waals surface area contributed by atoms with Crippen molar-refractivity contribution in [3.8, 4) is 0 Å². The van der Waals surface area contributed by atoms with Crippen molar-refractivity contribution >= 4 is 74.2 Å². The van der Waals surface area contributed by atoms with Crippen LogP contribution in [0, 0.1) is 0 Å². The first-order chi connectivity index (χ1) is 43.6. The molecule has 508 valence electrons. The number of imidazole rings is 4. The van der Waals surface area contributed by atoms with Crippen LogP contribution in [-0.4, -0.2) is 242 Å². The Hall–Kier alpha value is -8.79. The number of hydrogen-bond acceptors (Lipinski definition) is 33. The van der Waals surface area contributed by atoms with E-state index in [1.807, 2.05) is 0 Å². The Kier molecular flexibility index (Phi) is 19.4. The number of ether oxygens (including phenoxy) is 4. The van der Waals surface area contributed by atoms with Gasteiger partial charge in [0.15, 0.2) is 75.2 Å². The Labute approximate surface area is 510 Å². The summed E-state index contributed by atoms with van der Waals surface area (Å²) in [5.74, 6) is -2.46. The fraction of sp³-hybridized carbons (Fsp3) is 0.543. The summed E-state index contributed by atoms with van der Waals surface area (Å²) in [4.78, 5) is 97.7. The van der Waals surface area contributed by atoms with Gasteiger partial charge in [0.05, 0.1) is 50.6 Å². The van der Waals surface area contributed by atoms with Crippen LogP contribution in [0.15, 0.2) is 44.5 Å². The van der Waals surface area contributed by atoms with Crippen molar-refractivity contribution in [1.29, 1.82) is 0 Å². The number of nitrogens with one attached hydrogen (secondary N) is 6. The molecule has 4 aliphatic rings. The molecule has 4 fully saturated rings. The maximum atomic E-state index is 14.6. The summed E-state index contributed by atoms with van der Waals surface area (Å²) in [6.07, 6.45) is -22.3. The lowest BCUT2D eigenvalue weighted by Gasteiger charge is -2.39. The smallest absolute Gasteiger partial charge is 0.394 e. The Balaban J connectivity index is 0.000000178. The number of rotatable bonds is 12. The van der Waals surface area contributed by atoms with Gasteiger partial charge >= 0.3 is 12.4 Å². The number of aromatic amines is 4. The summed E-state index contributed by atoms with van der Waals surface area (Å²) in [7, 11) is 0. The van der Waals surface area contributed by atoms with Gasteiger partial charge in [0.25, 0.3) is 22.2 Å². The highest BCUT2D eigenvalue weighted by molar-refractivity contribution is 5.81. The number of hydrogen-bond donors (Lipinski definition) is 20. The average molecular weight is 1340 g/mol. The first-order valence-corrected chi connectivity index (χ1v) is 27.1. The van der Waals surface area contributed by atoms with E-state index < -0.39 is 157 Å². The normalized spacial score (nSPS) is 28.7. The number of nitrogen functional groups attached to an aromatic ring is 4. The molecular formula is C46H60F6N24O17. The molecule has 4 saturated heterocycles. The van der Waals surface area contributed by atoms with E-state index in [0.717, 1.165) is 21.8 Å². The number of nitrogens with two attached hydrogens (primary N) is 6. The Morgan fingerprint density at radius 3 is 1.16 bits per heavy atom. The molecule has 1 unspecified atom stereocenters. The molecule has 0 bridgehead atoms. The monoisotopic (exact) mass is 1330 g/mol. The van der Waals surface area contributed by atoms with Crippen LogP contribution in [0.5, 0.6) is 0 Å². The second-order valence-electron chi connectivity index (χ2n) is 21.2. The molecule has 0 spiro atoms. The van der Waals surface area contributed by atoms with Gasteiger partial charge in [-0.1, -0.05) is 0 Å². The number of aromatic nitrogens is 16. The third-order valence-corrected chi connectivity index (χ3v) is 15.0. The highest BCUT2D eigenvalue weighted by Crippen LogP contribution is 2.38. The zero-order valence-electron chi connectivity index (χ0n) is 47.7. The summed E-state index contributed by atoms with van der Waals surface area (Å²) < 4.78 is 103. The largest absolute Gasteiger partial charge is 0.449 e. The lowest BCUT2D eigenvalue weighted by Crippen LogP contribution is -2.70. The molecule has 93 heavy (non-hydrogen) atoms. The van der Waals surface area contributed by atoms with E-state index in [1.54, 1.807) is 0 Å². The molecule has 47 heteroatoms. The molecule has 8 aromatic heterocycles. The third kappa shape index (κ3) is 13.3. The number of fused-ring (bicyclic) bond motifs is 4. The molecule has 0 aliphatic carbocycles. The van der Waals surface area contributed by atoms with Gasteiger partial charge in [0, 0.05) is 20.0 Å². The van der Waals surface area contributed by atoms with Crippen LogP contribution in [0.25, 0.3) is 44.7 Å². The van der Waals surface area contributed by atoms with Gasteiger partial charge in [-0.15, -0.1) is 0 Å². The van der Waals surface area contributed by atoms with Crippen LogP contribution in [0.3, 0.4) is 0 Å². The minimum absolute atomic E-state index is 0.0531. The van der Waals surface area contributed by atoms with E-state index in [9.17, 15) is 86.1 Å². The fourth-order valence-electron chi connectivity index (χ4n) is 10.1. The van der Waals surface area contributed by atoms with Crippen LogP contribution in [-0.2, 0) is 23.7 Å². The SMILES string of the molecule is CC(=O)C(F)(F)F.CC(NC[C@H]1O[C@@H](n2cnc3c(=O)[nH]c(N)nc32)[C@H](O)[C@@H]1O)(N[C@H]1[C@@H](O)[C@H](n2cnc3c(=O)[nH]c(N)nc32)O[C@@H]1CO)C(F)(F)F.NC[C@H]1O[C@@H](n2cnc3c(=O)[nH]c(N)nc32)[C@H](O)[C@@H]1O.Nc1nc2c(ncn2[C@@H]2O[C@H](CO)[C@@H](N)[C@H]2O)c(=O)[nH]1. The van der Waals surface area contributed by atoms with Crippen molar-refractivity contribution in [2.45, 2.75) is 130 Å². The zero-order valence-corrected chi connectivity index (χ0v) is 47.7. The van der Waals surface area contributed by atoms with Gasteiger partial charge in [-0.05, 0) is 6.92 Å². The molecule has 17 atom stereocenters. The first-order valence-electron chi connectivity index (χ1n) is 27.1. The number of nitrogens with zero attached hydrogens (tertiary/aromatic N) is 12. The summed E-state index contributed by atoms with van der Waals surface area (Å²) >= 11 is 0. The van der Waals surface area contributed by atoms with E-state index in [-0.39, 0.29) is 81.6 Å². The number of aliphatic hydroxyl groups excluding tert-OH is 8. The van der Waals surface area contributed by atoms with Crippen LogP contribution in [0.2, 0.25) is 0 Å². The predicted octanol–water partition coefficient (Wildman–Crippen LogP) is -8.19. The van der Waals surface area contributed by atoms with Crippen LogP contribution in [0.4, 0.5) is 50.1 Å². The topological polar surface area (TPSA) is 650 Å². The lowest BCUT2D eigenvalue weighted by molar-refractivity contribution is -0.208. The number of ketones is 1. The van der Waals surface area contributed by atoms with Crippen LogP contribution in [0.1, 0.15) is 38.8 Å². The molecule has 0 saturated carbocycles. The van der Waals surface area contributed by atoms with Gasteiger partial charge in [-0.3, -0.25) is 72.8 Å². The van der Waals surface area contributed by atoms with Crippen molar-refractivity contribution in [2.24, 2.45) is 11.5 Å². The van der Waals surface area contributed by atoms with Crippen LogP contribution < -0.4 is 67.3 Å². The molecule has 0 radical (unpaired) electrons. The van der Waals surface area contributed by atoms with E-state index in [2.05, 4.69) is 70.4 Å². The van der Waals surface area contributed by atoms with E-state index in [0.29, 0.717) is 13.8 Å². The first kappa shape index (κ1) is 68.6. The molecule has 41 nitrogen and oxygen atoms in total. The maximum Gasteiger partial charge on any atom is 0.449 e. The highest BCUT2D eigenvalue weighted by atomic mass is 19.4. The van der Waals surface area contributed by atoms with Gasteiger partial charge < -0.3 is 94.2 Å². The number of carbonyl (C=O) groups excluding carboxylic acids is 1. The minimum atomic E-state index is -5.06. The number of Topliss-reactive ketones (excluding diaryl/α,β-unsaturated/α-hetero) is 1. The summed E-state index contributed by atoms with van der Waals surface area (Å²) in [6.45, 7) is -0.585. The minimum Gasteiger partial charge on any atom is -0.394 e. The van der Waals surface area contributed by atoms with Crippen LogP contribution >= 0.6 is 0 Å². The number of halogens is 6. The molecule has 4 aliphatic heterocycles. The predicted molar refractivity (Wildman–Crippen MR) is 299 cm³/mol. The second kappa shape index (κ2) is 26.3. The van der Waals surface area contributed by atoms with E-state index in [4.69, 9.17) is 58.5 Å². The Morgan fingerprint density at radius 1 is 0.538 bits per heavy atom. The summed E-state index contributed by atoms with van der Waals surface area (Å²) in [6, 6.07) is -2.31. The summed E-state index contributed by atoms with van der Waals surface area (Å²) in [5.41, 5.74) is 28.0. The Morgan fingerprint density at radius 2 is 0.849 bits per heavy atom. The molecule has 12 rings (SSSR count). The molecule has 12 heterocycles. The van der Waals surface area contributed by atoms with Gasteiger partial charge in [0.1, 0.15) is 61.0 Å². The van der Waals surface area contributed by atoms with E-state index >= 15 is 0 Å². The van der Waals surface area contributed by atoms with Gasteiger partial charge in [-0.2, -0.15) is 46.3 Å². The zero-order chi connectivity index (χ0) is 68.2. The summed E-state index contributed by atoms with van der Waals surface area (Å²) in [5, 5.41) is 86.0. The quantitative estimate of drug-likeness (QED) is 0.0399. The number of H-pyrrole nitrogens is 4. The molecule has 8 aromatic rings. The van der Waals surface area contributed by atoms with Crippen molar-refractivity contribution in [3.05, 3.63) is 66.7 Å². The lowest BCUT2D eigenvalue weighted by atomic mass is 10.0. The number of aliphatic hydroxyl groups is 8. The van der Waals surface area contributed by atoms with Crippen molar-refractivity contribution in [2.75, 3.05) is 49.2 Å². The second-order valence-corrected chi connectivity index (χ2v) is 21.2. The molecule has 0 aromatic carbocycles. The number of carbonyl (C=O) groups is 1. The van der Waals surface area contributed by atoms with Gasteiger partial charge in [0.2, 0.25) is 29.6 Å². The highest BCUT2D eigenvalue weighted by Gasteiger charge is 2.57. The third-order valence-electron chi connectivity index (χ3n) is 15.0. The van der Waals surface area contributed by atoms with Crippen molar-refractivity contribution in [3.63, 3.8) is 0 Å². The van der Waals surface area contributed by atoms with Crippen molar-refractivity contribution in [1.82, 2.24) is 88.7 Å². The maximum absolute atomic E-state index is 14.6. The molecular weight excluding hydrogens is 1270 g/mol.